The van der Waals surface area contributed by atoms with E-state index in [2.05, 4.69) is 5.10 Å². The van der Waals surface area contributed by atoms with Crippen LogP contribution in [0.5, 0.6) is 0 Å². The van der Waals surface area contributed by atoms with Crippen molar-refractivity contribution in [1.29, 1.82) is 0 Å². The molecule has 1 rings (SSSR count). The second kappa shape index (κ2) is 2.37. The summed E-state index contributed by atoms with van der Waals surface area (Å²) >= 11 is 0. The van der Waals surface area contributed by atoms with E-state index < -0.39 is 21.9 Å². The average molecular weight is 156 g/mol. The predicted octanol–water partition coefficient (Wildman–Crippen LogP) is -0.740. The van der Waals surface area contributed by atoms with E-state index in [9.17, 15) is 14.9 Å². The number of aromatic nitrogens is 2. The molecule has 1 aromatic heterocycles. The number of hydrogen-bond acceptors (Lipinski definition) is 5. The van der Waals surface area contributed by atoms with Crippen LogP contribution in [0.2, 0.25) is 0 Å². The first-order valence-electron chi connectivity index (χ1n) is 2.60. The highest BCUT2D eigenvalue weighted by molar-refractivity contribution is 5.53. The Labute approximate surface area is 60.0 Å². The van der Waals surface area contributed by atoms with Crippen molar-refractivity contribution < 1.29 is 4.92 Å². The predicted molar refractivity (Wildman–Crippen MR) is 35.9 cm³/mol. The summed E-state index contributed by atoms with van der Waals surface area (Å²) in [6.07, 6.45) is 0.886. The third-order valence-electron chi connectivity index (χ3n) is 1.07. The Hall–Kier alpha value is -1.92. The van der Waals surface area contributed by atoms with Crippen molar-refractivity contribution in [2.24, 2.45) is 0 Å². The minimum atomic E-state index is -0.766. The number of nitrogens with zero attached hydrogens (tertiary/aromatic N) is 2. The van der Waals surface area contributed by atoms with E-state index in [1.807, 2.05) is 5.10 Å². The van der Waals surface area contributed by atoms with Gasteiger partial charge in [0.15, 0.2) is 5.69 Å². The van der Waals surface area contributed by atoms with Crippen LogP contribution in [0.4, 0.5) is 11.4 Å². The van der Waals surface area contributed by atoms with Crippen molar-refractivity contribution in [1.82, 2.24) is 10.2 Å². The van der Waals surface area contributed by atoms with Gasteiger partial charge in [0.1, 0.15) is 6.20 Å². The molecule has 11 heavy (non-hydrogen) atoms. The second-order valence-electron chi connectivity index (χ2n) is 1.76. The van der Waals surface area contributed by atoms with Gasteiger partial charge in [0.25, 0.3) is 5.56 Å². The zero-order valence-electron chi connectivity index (χ0n) is 5.27. The molecule has 0 aromatic carbocycles. The number of rotatable bonds is 1. The molecule has 0 aliphatic carbocycles. The molecule has 0 aliphatic rings. The van der Waals surface area contributed by atoms with Gasteiger partial charge in [-0.2, -0.15) is 5.10 Å². The molecule has 0 unspecified atom stereocenters. The Morgan fingerprint density at radius 1 is 1.73 bits per heavy atom. The molecule has 1 aromatic rings. The average Bonchev–Trinajstić information content (AvgIpc) is 1.94. The lowest BCUT2D eigenvalue weighted by molar-refractivity contribution is -0.384. The summed E-state index contributed by atoms with van der Waals surface area (Å²) in [4.78, 5) is 19.9. The molecular formula is C4H4N4O3. The van der Waals surface area contributed by atoms with E-state index in [0.717, 1.165) is 6.20 Å². The van der Waals surface area contributed by atoms with Gasteiger partial charge < -0.3 is 5.73 Å². The maximum Gasteiger partial charge on any atom is 0.317 e. The van der Waals surface area contributed by atoms with Gasteiger partial charge in [0, 0.05) is 0 Å². The lowest BCUT2D eigenvalue weighted by Crippen LogP contribution is -2.14. The lowest BCUT2D eigenvalue weighted by Gasteiger charge is -1.91. The largest absolute Gasteiger partial charge is 0.389 e. The third kappa shape index (κ3) is 1.16. The van der Waals surface area contributed by atoms with E-state index >= 15 is 0 Å². The fraction of sp³-hybridized carbons (Fsp3) is 0. The van der Waals surface area contributed by atoms with Crippen LogP contribution in [-0.4, -0.2) is 15.1 Å². The highest BCUT2D eigenvalue weighted by Crippen LogP contribution is 2.12. The van der Waals surface area contributed by atoms with E-state index in [1.165, 1.54) is 0 Å². The van der Waals surface area contributed by atoms with Crippen LogP contribution >= 0.6 is 0 Å². The molecule has 58 valence electrons. The third-order valence-corrected chi connectivity index (χ3v) is 1.07. The van der Waals surface area contributed by atoms with Crippen LogP contribution < -0.4 is 11.3 Å². The van der Waals surface area contributed by atoms with Crippen molar-refractivity contribution in [3.63, 3.8) is 0 Å². The van der Waals surface area contributed by atoms with Crippen molar-refractivity contribution in [2.45, 2.75) is 0 Å². The van der Waals surface area contributed by atoms with E-state index in [0.29, 0.717) is 0 Å². The van der Waals surface area contributed by atoms with E-state index in [4.69, 9.17) is 5.73 Å². The fourth-order valence-corrected chi connectivity index (χ4v) is 0.544. The Bertz CT molecular complexity index is 343. The number of H-pyrrole nitrogens is 1. The normalized spacial score (nSPS) is 9.45. The number of nitrogens with two attached hydrogens (primary N) is 1. The first-order chi connectivity index (χ1) is 5.13. The van der Waals surface area contributed by atoms with Gasteiger partial charge in [0.05, 0.1) is 4.92 Å². The van der Waals surface area contributed by atoms with Crippen LogP contribution in [0.15, 0.2) is 11.0 Å². The number of anilines is 1. The Kier molecular flexibility index (Phi) is 1.55. The quantitative estimate of drug-likeness (QED) is 0.410. The summed E-state index contributed by atoms with van der Waals surface area (Å²) in [5.74, 6) is 0. The van der Waals surface area contributed by atoms with Gasteiger partial charge >= 0.3 is 5.69 Å². The van der Waals surface area contributed by atoms with Crippen LogP contribution in [-0.2, 0) is 0 Å². The zero-order chi connectivity index (χ0) is 8.43. The lowest BCUT2D eigenvalue weighted by atomic mass is 10.4. The zero-order valence-corrected chi connectivity index (χ0v) is 5.27. The van der Waals surface area contributed by atoms with Gasteiger partial charge in [-0.1, -0.05) is 0 Å². The summed E-state index contributed by atoms with van der Waals surface area (Å²) in [5, 5.41) is 15.3. The van der Waals surface area contributed by atoms with Crippen molar-refractivity contribution in [2.75, 3.05) is 5.73 Å². The van der Waals surface area contributed by atoms with E-state index in [1.54, 1.807) is 0 Å². The molecule has 7 heteroatoms. The Balaban J connectivity index is 3.39. The molecule has 0 aliphatic heterocycles. The number of nitro groups is 1. The van der Waals surface area contributed by atoms with Crippen molar-refractivity contribution in [3.8, 4) is 0 Å². The van der Waals surface area contributed by atoms with Crippen molar-refractivity contribution in [3.05, 3.63) is 26.7 Å². The Morgan fingerprint density at radius 2 is 2.36 bits per heavy atom. The summed E-state index contributed by atoms with van der Waals surface area (Å²) in [6, 6.07) is 0. The highest BCUT2D eigenvalue weighted by Gasteiger charge is 2.13. The van der Waals surface area contributed by atoms with Crippen LogP contribution in [0.1, 0.15) is 0 Å². The molecule has 0 bridgehead atoms. The first kappa shape index (κ1) is 7.19. The minimum Gasteiger partial charge on any atom is -0.389 e. The maximum atomic E-state index is 10.6. The monoisotopic (exact) mass is 156 g/mol. The topological polar surface area (TPSA) is 115 Å². The van der Waals surface area contributed by atoms with Crippen LogP contribution in [0, 0.1) is 10.1 Å². The summed E-state index contributed by atoms with van der Waals surface area (Å²) < 4.78 is 0. The summed E-state index contributed by atoms with van der Waals surface area (Å²) in [7, 11) is 0. The second-order valence-corrected chi connectivity index (χ2v) is 1.76. The van der Waals surface area contributed by atoms with Gasteiger partial charge in [0.2, 0.25) is 0 Å². The number of aromatic amines is 1. The number of nitrogens with one attached hydrogen (secondary N) is 1. The molecular weight excluding hydrogens is 152 g/mol. The maximum absolute atomic E-state index is 10.6. The smallest absolute Gasteiger partial charge is 0.317 e. The molecule has 0 spiro atoms. The molecule has 0 saturated carbocycles. The molecule has 0 atom stereocenters. The van der Waals surface area contributed by atoms with Gasteiger partial charge in [-0.15, -0.1) is 0 Å². The SMILES string of the molecule is Nc1c([N+](=O)[O-])cn[nH]c1=O. The molecule has 0 fully saturated rings. The summed E-state index contributed by atoms with van der Waals surface area (Å²) in [5.41, 5.74) is 3.40. The minimum absolute atomic E-state index is 0.426. The molecule has 0 saturated heterocycles. The first-order valence-corrected chi connectivity index (χ1v) is 2.60. The standard InChI is InChI=1S/C4H4N4O3/c5-3-2(8(10)11)1-6-7-4(3)9/h1H,(H2,5,6)(H,7,9). The molecule has 0 amide bonds. The fourth-order valence-electron chi connectivity index (χ4n) is 0.544. The van der Waals surface area contributed by atoms with Gasteiger partial charge in [-0.05, 0) is 0 Å². The molecule has 7 nitrogen and oxygen atoms in total. The number of hydrogen-bond donors (Lipinski definition) is 2. The van der Waals surface area contributed by atoms with Crippen molar-refractivity contribution >= 4 is 11.4 Å². The van der Waals surface area contributed by atoms with Crippen LogP contribution in [0.25, 0.3) is 0 Å². The van der Waals surface area contributed by atoms with Crippen LogP contribution in [0.3, 0.4) is 0 Å². The van der Waals surface area contributed by atoms with Gasteiger partial charge in [-0.25, -0.2) is 5.10 Å². The molecule has 3 N–H and O–H groups in total. The molecule has 1 heterocycles. The Morgan fingerprint density at radius 3 is 2.82 bits per heavy atom. The molecule has 0 radical (unpaired) electrons. The summed E-state index contributed by atoms with van der Waals surface area (Å²) in [6.45, 7) is 0. The van der Waals surface area contributed by atoms with E-state index in [-0.39, 0.29) is 0 Å². The van der Waals surface area contributed by atoms with Gasteiger partial charge in [-0.3, -0.25) is 14.9 Å². The highest BCUT2D eigenvalue weighted by atomic mass is 16.6. The number of nitrogen functional groups attached to an aromatic ring is 1.